The fourth-order valence-electron chi connectivity index (χ4n) is 2.13. The van der Waals surface area contributed by atoms with Gasteiger partial charge in [0.2, 0.25) is 0 Å². The number of benzene rings is 1. The normalized spacial score (nSPS) is 14.8. The van der Waals surface area contributed by atoms with Crippen LogP contribution in [0.4, 0.5) is 0 Å². The summed E-state index contributed by atoms with van der Waals surface area (Å²) in [5.41, 5.74) is 2.57. The zero-order chi connectivity index (χ0) is 13.1. The molecule has 3 rings (SSSR count). The fraction of sp³-hybridized carbons (Fsp3) is 0.400. The van der Waals surface area contributed by atoms with Crippen LogP contribution in [-0.4, -0.2) is 15.6 Å². The molecule has 3 nitrogen and oxygen atoms in total. The quantitative estimate of drug-likeness (QED) is 0.878. The second-order valence-corrected chi connectivity index (χ2v) is 5.55. The molecular formula is C15H18ClN3. The van der Waals surface area contributed by atoms with E-state index >= 15 is 0 Å². The van der Waals surface area contributed by atoms with Crippen molar-refractivity contribution in [3.05, 3.63) is 53.1 Å². The predicted octanol–water partition coefficient (Wildman–Crippen LogP) is 3.03. The number of aromatic nitrogens is 2. The van der Waals surface area contributed by atoms with Crippen LogP contribution < -0.4 is 5.32 Å². The molecule has 19 heavy (non-hydrogen) atoms. The first kappa shape index (κ1) is 12.7. The van der Waals surface area contributed by atoms with E-state index < -0.39 is 0 Å². The van der Waals surface area contributed by atoms with Crippen LogP contribution >= 0.6 is 11.6 Å². The third-order valence-corrected chi connectivity index (χ3v) is 3.75. The number of nitrogens with one attached hydrogen (secondary N) is 1. The molecule has 0 spiro atoms. The highest BCUT2D eigenvalue weighted by atomic mass is 35.5. The molecule has 4 heteroatoms. The molecule has 1 aliphatic carbocycles. The van der Waals surface area contributed by atoms with Crippen LogP contribution in [0.15, 0.2) is 36.8 Å². The van der Waals surface area contributed by atoms with Crippen LogP contribution in [0.2, 0.25) is 5.02 Å². The minimum atomic E-state index is 0.736. The van der Waals surface area contributed by atoms with Gasteiger partial charge in [0.15, 0.2) is 0 Å². The minimum Gasteiger partial charge on any atom is -0.333 e. The molecule has 0 atom stereocenters. The summed E-state index contributed by atoms with van der Waals surface area (Å²) < 4.78 is 2.23. The van der Waals surface area contributed by atoms with Gasteiger partial charge in [0.1, 0.15) is 0 Å². The molecule has 0 saturated heterocycles. The first-order chi connectivity index (χ1) is 9.31. The van der Waals surface area contributed by atoms with E-state index in [0.29, 0.717) is 0 Å². The second kappa shape index (κ2) is 5.76. The summed E-state index contributed by atoms with van der Waals surface area (Å²) in [4.78, 5) is 4.25. The van der Waals surface area contributed by atoms with Crippen molar-refractivity contribution < 1.29 is 0 Å². The van der Waals surface area contributed by atoms with Crippen LogP contribution in [0.25, 0.3) is 0 Å². The van der Waals surface area contributed by atoms with E-state index in [2.05, 4.69) is 27.0 Å². The van der Waals surface area contributed by atoms with Crippen molar-refractivity contribution in [3.63, 3.8) is 0 Å². The fourth-order valence-corrected chi connectivity index (χ4v) is 2.26. The largest absolute Gasteiger partial charge is 0.333 e. The van der Waals surface area contributed by atoms with Crippen LogP contribution in [0.5, 0.6) is 0 Å². The number of halogens is 1. The molecule has 1 fully saturated rings. The third kappa shape index (κ3) is 3.58. The van der Waals surface area contributed by atoms with Gasteiger partial charge in [-0.25, -0.2) is 4.98 Å². The number of hydrogen-bond acceptors (Lipinski definition) is 2. The Morgan fingerprint density at radius 3 is 2.79 bits per heavy atom. The first-order valence-electron chi connectivity index (χ1n) is 6.78. The Morgan fingerprint density at radius 1 is 1.26 bits per heavy atom. The SMILES string of the molecule is Clc1ccc(CCn2cncc2CNC2CC2)cc1. The summed E-state index contributed by atoms with van der Waals surface area (Å²) in [6, 6.07) is 8.79. The number of nitrogens with zero attached hydrogens (tertiary/aromatic N) is 2. The van der Waals surface area contributed by atoms with Crippen molar-refractivity contribution in [1.29, 1.82) is 0 Å². The summed E-state index contributed by atoms with van der Waals surface area (Å²) >= 11 is 5.89. The maximum Gasteiger partial charge on any atom is 0.0948 e. The molecule has 0 radical (unpaired) electrons. The molecule has 1 heterocycles. The summed E-state index contributed by atoms with van der Waals surface area (Å²) in [5.74, 6) is 0. The predicted molar refractivity (Wildman–Crippen MR) is 77.2 cm³/mol. The maximum absolute atomic E-state index is 5.89. The van der Waals surface area contributed by atoms with Crippen molar-refractivity contribution in [2.24, 2.45) is 0 Å². The highest BCUT2D eigenvalue weighted by Crippen LogP contribution is 2.19. The van der Waals surface area contributed by atoms with Gasteiger partial charge in [-0.3, -0.25) is 0 Å². The number of hydrogen-bond donors (Lipinski definition) is 1. The topological polar surface area (TPSA) is 29.9 Å². The second-order valence-electron chi connectivity index (χ2n) is 5.11. The summed E-state index contributed by atoms with van der Waals surface area (Å²) in [5, 5.41) is 4.32. The molecule has 0 bridgehead atoms. The lowest BCUT2D eigenvalue weighted by Crippen LogP contribution is -2.18. The van der Waals surface area contributed by atoms with E-state index in [0.717, 1.165) is 30.6 Å². The van der Waals surface area contributed by atoms with Gasteiger partial charge < -0.3 is 9.88 Å². The molecule has 0 aliphatic heterocycles. The van der Waals surface area contributed by atoms with Crippen LogP contribution in [0, 0.1) is 0 Å². The van der Waals surface area contributed by atoms with Gasteiger partial charge in [-0.1, -0.05) is 23.7 Å². The number of imidazole rings is 1. The van der Waals surface area contributed by atoms with Gasteiger partial charge in [0.25, 0.3) is 0 Å². The molecular weight excluding hydrogens is 258 g/mol. The van der Waals surface area contributed by atoms with Crippen LogP contribution in [0.1, 0.15) is 24.1 Å². The van der Waals surface area contributed by atoms with E-state index in [1.54, 1.807) is 0 Å². The molecule has 1 aliphatic rings. The average molecular weight is 276 g/mol. The van der Waals surface area contributed by atoms with Gasteiger partial charge >= 0.3 is 0 Å². The molecule has 100 valence electrons. The van der Waals surface area contributed by atoms with Crippen molar-refractivity contribution in [2.75, 3.05) is 0 Å². The van der Waals surface area contributed by atoms with Crippen molar-refractivity contribution in [1.82, 2.24) is 14.9 Å². The first-order valence-corrected chi connectivity index (χ1v) is 7.16. The zero-order valence-electron chi connectivity index (χ0n) is 10.8. The number of rotatable bonds is 6. The molecule has 0 amide bonds. The monoisotopic (exact) mass is 275 g/mol. The lowest BCUT2D eigenvalue weighted by molar-refractivity contribution is 0.606. The maximum atomic E-state index is 5.89. The smallest absolute Gasteiger partial charge is 0.0948 e. The Morgan fingerprint density at radius 2 is 2.05 bits per heavy atom. The zero-order valence-corrected chi connectivity index (χ0v) is 11.6. The molecule has 1 aromatic heterocycles. The molecule has 1 aromatic carbocycles. The van der Waals surface area contributed by atoms with Gasteiger partial charge in [-0.15, -0.1) is 0 Å². The highest BCUT2D eigenvalue weighted by Gasteiger charge is 2.20. The van der Waals surface area contributed by atoms with Gasteiger partial charge in [0, 0.05) is 30.4 Å². The van der Waals surface area contributed by atoms with Gasteiger partial charge in [-0.05, 0) is 37.0 Å². The van der Waals surface area contributed by atoms with E-state index in [-0.39, 0.29) is 0 Å². The van der Waals surface area contributed by atoms with E-state index in [1.165, 1.54) is 24.1 Å². The Balaban J connectivity index is 1.56. The van der Waals surface area contributed by atoms with E-state index in [9.17, 15) is 0 Å². The molecule has 1 saturated carbocycles. The van der Waals surface area contributed by atoms with E-state index in [1.807, 2.05) is 24.7 Å². The minimum absolute atomic E-state index is 0.736. The summed E-state index contributed by atoms with van der Waals surface area (Å²) in [6.45, 7) is 1.88. The Hall–Kier alpha value is -1.32. The van der Waals surface area contributed by atoms with Crippen molar-refractivity contribution in [3.8, 4) is 0 Å². The lowest BCUT2D eigenvalue weighted by atomic mass is 10.1. The average Bonchev–Trinajstić information content (AvgIpc) is 3.15. The third-order valence-electron chi connectivity index (χ3n) is 3.50. The Labute approximate surface area is 118 Å². The summed E-state index contributed by atoms with van der Waals surface area (Å²) in [6.07, 6.45) is 7.51. The molecule has 0 unspecified atom stereocenters. The Kier molecular flexibility index (Phi) is 3.85. The van der Waals surface area contributed by atoms with Crippen molar-refractivity contribution >= 4 is 11.6 Å². The Bertz CT molecular complexity index is 529. The standard InChI is InChI=1S/C15H18ClN3/c16-13-3-1-12(2-4-13)7-8-19-11-17-9-15(19)10-18-14-5-6-14/h1-4,9,11,14,18H,5-8,10H2. The van der Waals surface area contributed by atoms with Gasteiger partial charge in [0.05, 0.1) is 12.0 Å². The number of aryl methyl sites for hydroxylation is 2. The molecule has 1 N–H and O–H groups in total. The highest BCUT2D eigenvalue weighted by molar-refractivity contribution is 6.30. The lowest BCUT2D eigenvalue weighted by Gasteiger charge is -2.09. The van der Waals surface area contributed by atoms with Crippen molar-refractivity contribution in [2.45, 2.75) is 38.4 Å². The summed E-state index contributed by atoms with van der Waals surface area (Å²) in [7, 11) is 0. The van der Waals surface area contributed by atoms with E-state index in [4.69, 9.17) is 11.6 Å². The van der Waals surface area contributed by atoms with Gasteiger partial charge in [-0.2, -0.15) is 0 Å². The molecule has 2 aromatic rings. The van der Waals surface area contributed by atoms with Crippen LogP contribution in [0.3, 0.4) is 0 Å². The van der Waals surface area contributed by atoms with Crippen LogP contribution in [-0.2, 0) is 19.5 Å².